The Kier molecular flexibility index (Phi) is 9.47. The van der Waals surface area contributed by atoms with Crippen LogP contribution < -0.4 is 0 Å². The summed E-state index contributed by atoms with van der Waals surface area (Å²) in [7, 11) is 0. The van der Waals surface area contributed by atoms with E-state index in [2.05, 4.69) is 4.90 Å². The molecular weight excluding hydrogens is 454 g/mol. The van der Waals surface area contributed by atoms with Crippen LogP contribution in [0, 0.1) is 0 Å². The molecule has 0 bridgehead atoms. The van der Waals surface area contributed by atoms with Gasteiger partial charge >= 0.3 is 0 Å². The number of furan rings is 1. The lowest BCUT2D eigenvalue weighted by Gasteiger charge is -2.31. The SMILES string of the molecule is O=C(/C=C/c1ccccc1)N(CCN1CCOCC1)CC(=O)N(Cc1ccccc1)Cc1ccco1. The highest BCUT2D eigenvalue weighted by atomic mass is 16.5. The number of ether oxygens (including phenoxy) is 1. The molecule has 7 nitrogen and oxygen atoms in total. The van der Waals surface area contributed by atoms with E-state index in [4.69, 9.17) is 9.15 Å². The van der Waals surface area contributed by atoms with Gasteiger partial charge in [-0.1, -0.05) is 60.7 Å². The van der Waals surface area contributed by atoms with Gasteiger partial charge in [0.1, 0.15) is 12.3 Å². The van der Waals surface area contributed by atoms with Crippen molar-refractivity contribution < 1.29 is 18.7 Å². The first kappa shape index (κ1) is 25.4. The number of amides is 2. The van der Waals surface area contributed by atoms with Crippen LogP contribution in [-0.4, -0.2) is 72.5 Å². The van der Waals surface area contributed by atoms with Gasteiger partial charge in [-0.15, -0.1) is 0 Å². The highest BCUT2D eigenvalue weighted by Gasteiger charge is 2.22. The van der Waals surface area contributed by atoms with Crippen LogP contribution in [0.2, 0.25) is 0 Å². The van der Waals surface area contributed by atoms with Crippen LogP contribution in [0.3, 0.4) is 0 Å². The molecule has 1 aromatic heterocycles. The fraction of sp³-hybridized carbons (Fsp3) is 0.310. The zero-order valence-electron chi connectivity index (χ0n) is 20.5. The number of carbonyl (C=O) groups is 2. The Hall–Kier alpha value is -3.68. The van der Waals surface area contributed by atoms with Crippen LogP contribution in [0.1, 0.15) is 16.9 Å². The van der Waals surface area contributed by atoms with Crippen LogP contribution in [0.5, 0.6) is 0 Å². The summed E-state index contributed by atoms with van der Waals surface area (Å²) in [5.74, 6) is 0.395. The topological polar surface area (TPSA) is 66.2 Å². The first-order valence-electron chi connectivity index (χ1n) is 12.3. The Balaban J connectivity index is 1.47. The number of carbonyl (C=O) groups excluding carboxylic acids is 2. The molecule has 4 rings (SSSR count). The number of hydrogen-bond donors (Lipinski definition) is 0. The number of rotatable bonds is 11. The summed E-state index contributed by atoms with van der Waals surface area (Å²) < 4.78 is 11.0. The maximum atomic E-state index is 13.5. The van der Waals surface area contributed by atoms with Crippen LogP contribution >= 0.6 is 0 Å². The van der Waals surface area contributed by atoms with Crippen molar-refractivity contribution in [2.45, 2.75) is 13.1 Å². The van der Waals surface area contributed by atoms with Crippen LogP contribution in [-0.2, 0) is 27.4 Å². The second-order valence-corrected chi connectivity index (χ2v) is 8.77. The van der Waals surface area contributed by atoms with Crippen LogP contribution in [0.4, 0.5) is 0 Å². The third-order valence-corrected chi connectivity index (χ3v) is 6.14. The molecule has 36 heavy (non-hydrogen) atoms. The molecule has 3 aromatic rings. The molecule has 1 fully saturated rings. The van der Waals surface area contributed by atoms with Gasteiger partial charge in [0.15, 0.2) is 0 Å². The normalized spacial score (nSPS) is 14.1. The van der Waals surface area contributed by atoms with E-state index in [0.717, 1.165) is 24.2 Å². The lowest BCUT2D eigenvalue weighted by molar-refractivity contribution is -0.139. The van der Waals surface area contributed by atoms with Gasteiger partial charge in [0, 0.05) is 38.8 Å². The minimum absolute atomic E-state index is 0.00412. The molecule has 0 unspecified atom stereocenters. The first-order valence-corrected chi connectivity index (χ1v) is 12.3. The quantitative estimate of drug-likeness (QED) is 0.386. The Morgan fingerprint density at radius 2 is 1.58 bits per heavy atom. The van der Waals surface area contributed by atoms with Gasteiger partial charge in [-0.3, -0.25) is 14.5 Å². The zero-order chi connectivity index (χ0) is 25.0. The molecule has 1 saturated heterocycles. The molecule has 0 saturated carbocycles. The number of nitrogens with zero attached hydrogens (tertiary/aromatic N) is 3. The molecule has 2 amide bonds. The summed E-state index contributed by atoms with van der Waals surface area (Å²) in [6.07, 6.45) is 4.95. The lowest BCUT2D eigenvalue weighted by Crippen LogP contribution is -2.46. The van der Waals surface area contributed by atoms with Crippen molar-refractivity contribution >= 4 is 17.9 Å². The minimum atomic E-state index is -0.182. The van der Waals surface area contributed by atoms with E-state index in [1.54, 1.807) is 28.2 Å². The summed E-state index contributed by atoms with van der Waals surface area (Å²) in [4.78, 5) is 32.4. The number of morpholine rings is 1. The monoisotopic (exact) mass is 487 g/mol. The van der Waals surface area contributed by atoms with Gasteiger partial charge in [-0.05, 0) is 29.3 Å². The average molecular weight is 488 g/mol. The van der Waals surface area contributed by atoms with Crippen LogP contribution in [0.15, 0.2) is 89.6 Å². The second kappa shape index (κ2) is 13.4. The van der Waals surface area contributed by atoms with Crippen molar-refractivity contribution in [1.29, 1.82) is 0 Å². The van der Waals surface area contributed by atoms with Crippen molar-refractivity contribution in [3.8, 4) is 0 Å². The van der Waals surface area contributed by atoms with Crippen molar-refractivity contribution in [2.75, 3.05) is 45.9 Å². The van der Waals surface area contributed by atoms with E-state index in [9.17, 15) is 9.59 Å². The van der Waals surface area contributed by atoms with E-state index in [-0.39, 0.29) is 18.4 Å². The Morgan fingerprint density at radius 3 is 2.28 bits per heavy atom. The highest BCUT2D eigenvalue weighted by Crippen LogP contribution is 2.12. The Bertz CT molecular complexity index is 1090. The Labute approximate surface area is 212 Å². The van der Waals surface area contributed by atoms with Crippen molar-refractivity contribution in [3.05, 3.63) is 102 Å². The molecular formula is C29H33N3O4. The fourth-order valence-electron chi connectivity index (χ4n) is 4.08. The van der Waals surface area contributed by atoms with E-state index in [1.165, 1.54) is 0 Å². The number of benzene rings is 2. The molecule has 1 aliphatic rings. The standard InChI is InChI=1S/C29H33N3O4/c33-28(14-13-25-8-3-1-4-9-25)31(16-15-30-17-20-35-21-18-30)24-29(34)32(23-27-12-7-19-36-27)22-26-10-5-2-6-11-26/h1-14,19H,15-18,20-24H2/b14-13+. The van der Waals surface area contributed by atoms with Gasteiger partial charge in [0.25, 0.3) is 0 Å². The van der Waals surface area contributed by atoms with E-state index in [1.807, 2.05) is 72.8 Å². The summed E-state index contributed by atoms with van der Waals surface area (Å²) in [6, 6.07) is 23.2. The predicted octanol–water partition coefficient (Wildman–Crippen LogP) is 3.68. The molecule has 0 spiro atoms. The zero-order valence-corrected chi connectivity index (χ0v) is 20.5. The molecule has 0 N–H and O–H groups in total. The third-order valence-electron chi connectivity index (χ3n) is 6.14. The van der Waals surface area contributed by atoms with Gasteiger partial charge in [0.2, 0.25) is 11.8 Å². The molecule has 7 heteroatoms. The van der Waals surface area contributed by atoms with Gasteiger partial charge < -0.3 is 19.0 Å². The molecule has 0 atom stereocenters. The second-order valence-electron chi connectivity index (χ2n) is 8.77. The molecule has 1 aliphatic heterocycles. The third kappa shape index (κ3) is 7.93. The summed E-state index contributed by atoms with van der Waals surface area (Å²) >= 11 is 0. The maximum Gasteiger partial charge on any atom is 0.247 e. The van der Waals surface area contributed by atoms with Crippen molar-refractivity contribution in [1.82, 2.24) is 14.7 Å². The number of hydrogen-bond acceptors (Lipinski definition) is 5. The largest absolute Gasteiger partial charge is 0.467 e. The Morgan fingerprint density at radius 1 is 0.861 bits per heavy atom. The van der Waals surface area contributed by atoms with Crippen molar-refractivity contribution in [2.24, 2.45) is 0 Å². The fourth-order valence-corrected chi connectivity index (χ4v) is 4.08. The lowest BCUT2D eigenvalue weighted by atomic mass is 10.2. The summed E-state index contributed by atoms with van der Waals surface area (Å²) in [5.41, 5.74) is 1.96. The van der Waals surface area contributed by atoms with Gasteiger partial charge in [0.05, 0.1) is 26.0 Å². The van der Waals surface area contributed by atoms with Gasteiger partial charge in [-0.2, -0.15) is 0 Å². The predicted molar refractivity (Wildman–Crippen MR) is 139 cm³/mol. The molecule has 0 aliphatic carbocycles. The summed E-state index contributed by atoms with van der Waals surface area (Å²) in [5, 5.41) is 0. The molecule has 2 aromatic carbocycles. The van der Waals surface area contributed by atoms with Gasteiger partial charge in [-0.25, -0.2) is 0 Å². The molecule has 2 heterocycles. The maximum absolute atomic E-state index is 13.5. The van der Waals surface area contributed by atoms with E-state index < -0.39 is 0 Å². The highest BCUT2D eigenvalue weighted by molar-refractivity contribution is 5.94. The van der Waals surface area contributed by atoms with Crippen LogP contribution in [0.25, 0.3) is 6.08 Å². The minimum Gasteiger partial charge on any atom is -0.467 e. The average Bonchev–Trinajstić information content (AvgIpc) is 3.44. The molecule has 0 radical (unpaired) electrons. The smallest absolute Gasteiger partial charge is 0.247 e. The first-order chi connectivity index (χ1) is 17.7. The molecule has 188 valence electrons. The van der Waals surface area contributed by atoms with E-state index in [0.29, 0.717) is 45.2 Å². The van der Waals surface area contributed by atoms with E-state index >= 15 is 0 Å². The summed E-state index contributed by atoms with van der Waals surface area (Å²) in [6.45, 7) is 4.96. The van der Waals surface area contributed by atoms with Crippen molar-refractivity contribution in [3.63, 3.8) is 0 Å².